The van der Waals surface area contributed by atoms with Crippen molar-refractivity contribution in [2.45, 2.75) is 72.1 Å². The van der Waals surface area contributed by atoms with Crippen LogP contribution in [0.15, 0.2) is 29.2 Å². The summed E-state index contributed by atoms with van der Waals surface area (Å²) < 4.78 is 28.7. The number of fused-ring (bicyclic) bond motifs is 2. The number of nitrogens with zero attached hydrogens (tertiary/aromatic N) is 3. The number of amides is 1. The Labute approximate surface area is 215 Å². The highest BCUT2D eigenvalue weighted by Crippen LogP contribution is 2.33. The lowest BCUT2D eigenvalue weighted by Gasteiger charge is -2.52. The van der Waals surface area contributed by atoms with Crippen molar-refractivity contribution < 1.29 is 23.5 Å². The fourth-order valence-electron chi connectivity index (χ4n) is 5.61. The van der Waals surface area contributed by atoms with Crippen LogP contribution in [0.3, 0.4) is 0 Å². The Morgan fingerprint density at radius 2 is 1.86 bits per heavy atom. The summed E-state index contributed by atoms with van der Waals surface area (Å²) in [4.78, 5) is 43.8. The van der Waals surface area contributed by atoms with Gasteiger partial charge < -0.3 is 14.6 Å². The maximum absolute atomic E-state index is 14.0. The molecule has 9 heteroatoms. The van der Waals surface area contributed by atoms with Crippen LogP contribution >= 0.6 is 0 Å². The van der Waals surface area contributed by atoms with Crippen molar-refractivity contribution in [1.29, 1.82) is 0 Å². The van der Waals surface area contributed by atoms with Gasteiger partial charge in [-0.1, -0.05) is 33.8 Å². The number of pyridine rings is 1. The van der Waals surface area contributed by atoms with Crippen LogP contribution < -0.4 is 5.43 Å². The fraction of sp³-hybridized carbons (Fsp3) is 0.536. The molecule has 0 aliphatic carbocycles. The molecule has 0 bridgehead atoms. The van der Waals surface area contributed by atoms with Crippen LogP contribution in [0.25, 0.3) is 0 Å². The van der Waals surface area contributed by atoms with E-state index < -0.39 is 34.5 Å². The molecule has 37 heavy (non-hydrogen) atoms. The Kier molecular flexibility index (Phi) is 7.83. The molecule has 2 aliphatic rings. The number of rotatable bonds is 8. The number of carbonyl (C=O) groups is 2. The van der Waals surface area contributed by atoms with E-state index in [1.165, 1.54) is 16.8 Å². The summed E-state index contributed by atoms with van der Waals surface area (Å²) in [6, 6.07) is 3.12. The molecule has 1 amide bonds. The molecule has 2 aliphatic heterocycles. The van der Waals surface area contributed by atoms with Crippen LogP contribution in [0, 0.1) is 23.5 Å². The van der Waals surface area contributed by atoms with Crippen molar-refractivity contribution in [3.05, 3.63) is 63.1 Å². The molecule has 1 saturated heterocycles. The van der Waals surface area contributed by atoms with Gasteiger partial charge in [-0.25, -0.2) is 8.78 Å². The van der Waals surface area contributed by atoms with Gasteiger partial charge in [0.2, 0.25) is 5.43 Å². The Balaban J connectivity index is 1.66. The molecule has 0 saturated carbocycles. The van der Waals surface area contributed by atoms with Crippen LogP contribution in [0.1, 0.15) is 73.4 Å². The minimum atomic E-state index is -0.904. The van der Waals surface area contributed by atoms with Gasteiger partial charge in [-0.05, 0) is 42.7 Å². The largest absolute Gasteiger partial charge is 0.503 e. The van der Waals surface area contributed by atoms with E-state index in [1.807, 2.05) is 4.90 Å². The Hall–Kier alpha value is -3.07. The quantitative estimate of drug-likeness (QED) is 0.533. The average Bonchev–Trinajstić information content (AvgIpc) is 2.81. The van der Waals surface area contributed by atoms with Crippen LogP contribution in [0.4, 0.5) is 8.78 Å². The van der Waals surface area contributed by atoms with E-state index in [0.717, 1.165) is 38.1 Å². The second kappa shape index (κ2) is 10.7. The molecular weight excluding hydrogens is 480 g/mol. The smallest absolute Gasteiger partial charge is 0.276 e. The molecule has 1 N–H and O–H groups in total. The maximum Gasteiger partial charge on any atom is 0.276 e. The van der Waals surface area contributed by atoms with Gasteiger partial charge in [0.05, 0.1) is 12.1 Å². The normalized spacial score (nSPS) is 19.9. The third-order valence-corrected chi connectivity index (χ3v) is 7.22. The number of Topliss-reactive ketones (excluding diaryl/α,β-unsaturated/α-hetero) is 1. The predicted octanol–water partition coefficient (Wildman–Crippen LogP) is 4.21. The minimum absolute atomic E-state index is 0.00363. The number of benzene rings is 1. The lowest BCUT2D eigenvalue weighted by Crippen LogP contribution is -2.64. The van der Waals surface area contributed by atoms with E-state index in [0.29, 0.717) is 18.4 Å². The third kappa shape index (κ3) is 5.46. The van der Waals surface area contributed by atoms with Crippen LogP contribution in [-0.4, -0.2) is 56.5 Å². The van der Waals surface area contributed by atoms with Gasteiger partial charge in [0.15, 0.2) is 17.2 Å². The first-order chi connectivity index (χ1) is 17.5. The number of aryl methyl sites for hydroxylation is 1. The molecule has 3 heterocycles. The number of ketones is 1. The monoisotopic (exact) mass is 515 g/mol. The molecule has 1 fully saturated rings. The Morgan fingerprint density at radius 1 is 1.14 bits per heavy atom. The highest BCUT2D eigenvalue weighted by molar-refractivity contribution is 6.00. The number of aromatic hydroxyl groups is 1. The number of hydrogen-bond donors (Lipinski definition) is 1. The zero-order chi connectivity index (χ0) is 27.0. The van der Waals surface area contributed by atoms with Crippen molar-refractivity contribution in [1.82, 2.24) is 14.4 Å². The summed E-state index contributed by atoms with van der Waals surface area (Å²) in [5.74, 6) is -2.43. The summed E-state index contributed by atoms with van der Waals surface area (Å²) in [7, 11) is 0. The fourth-order valence-corrected chi connectivity index (χ4v) is 5.61. The molecule has 0 unspecified atom stereocenters. The summed E-state index contributed by atoms with van der Waals surface area (Å²) in [5.41, 5.74) is -1.08. The second-order valence-electron chi connectivity index (χ2n) is 11.0. The maximum atomic E-state index is 14.0. The van der Waals surface area contributed by atoms with Gasteiger partial charge in [-0.3, -0.25) is 19.3 Å². The van der Waals surface area contributed by atoms with Crippen LogP contribution in [-0.2, 0) is 13.0 Å². The van der Waals surface area contributed by atoms with E-state index in [2.05, 4.69) is 32.6 Å². The lowest BCUT2D eigenvalue weighted by molar-refractivity contribution is -0.0449. The number of hydrogen-bond acceptors (Lipinski definition) is 5. The first-order valence-electron chi connectivity index (χ1n) is 13.0. The SMILES string of the molecule is CC(C)C[C@H]1CCN(CC(C)C)[C@@H]2Cn3cc(C(=O)CCc4ccc(F)cc4F)c(=O)c(O)c3C(=O)N12. The Morgan fingerprint density at radius 3 is 2.51 bits per heavy atom. The molecule has 2 atom stereocenters. The van der Waals surface area contributed by atoms with Gasteiger partial charge in [-0.2, -0.15) is 0 Å². The van der Waals surface area contributed by atoms with Crippen molar-refractivity contribution in [3.8, 4) is 5.75 Å². The van der Waals surface area contributed by atoms with E-state index in [9.17, 15) is 28.3 Å². The molecule has 0 radical (unpaired) electrons. The highest BCUT2D eigenvalue weighted by Gasteiger charge is 2.44. The third-order valence-electron chi connectivity index (χ3n) is 7.22. The van der Waals surface area contributed by atoms with Gasteiger partial charge in [0.1, 0.15) is 17.8 Å². The Bertz CT molecular complexity index is 1260. The molecule has 1 aromatic heterocycles. The highest BCUT2D eigenvalue weighted by atomic mass is 19.1. The van der Waals surface area contributed by atoms with E-state index in [-0.39, 0.29) is 41.9 Å². The molecular formula is C28H35F2N3O4. The van der Waals surface area contributed by atoms with E-state index in [1.54, 1.807) is 0 Å². The molecule has 2 aromatic rings. The predicted molar refractivity (Wildman–Crippen MR) is 136 cm³/mol. The number of aromatic nitrogens is 1. The lowest BCUT2D eigenvalue weighted by atomic mass is 9.93. The summed E-state index contributed by atoms with van der Waals surface area (Å²) in [6.07, 6.45) is 2.51. The first-order valence-corrected chi connectivity index (χ1v) is 13.0. The summed E-state index contributed by atoms with van der Waals surface area (Å²) >= 11 is 0. The average molecular weight is 516 g/mol. The van der Waals surface area contributed by atoms with Crippen molar-refractivity contribution >= 4 is 11.7 Å². The van der Waals surface area contributed by atoms with Crippen molar-refractivity contribution in [3.63, 3.8) is 0 Å². The molecule has 0 spiro atoms. The van der Waals surface area contributed by atoms with E-state index in [4.69, 9.17) is 0 Å². The number of carbonyl (C=O) groups excluding carboxylic acids is 2. The van der Waals surface area contributed by atoms with Crippen LogP contribution in [0.5, 0.6) is 5.75 Å². The minimum Gasteiger partial charge on any atom is -0.503 e. The zero-order valence-electron chi connectivity index (χ0n) is 21.8. The molecule has 4 rings (SSSR count). The van der Waals surface area contributed by atoms with Gasteiger partial charge in [-0.15, -0.1) is 0 Å². The van der Waals surface area contributed by atoms with Crippen molar-refractivity contribution in [2.75, 3.05) is 13.1 Å². The van der Waals surface area contributed by atoms with Crippen LogP contribution in [0.2, 0.25) is 0 Å². The topological polar surface area (TPSA) is 82.9 Å². The number of halogens is 2. The molecule has 200 valence electrons. The molecule has 7 nitrogen and oxygen atoms in total. The first kappa shape index (κ1) is 27.0. The summed E-state index contributed by atoms with van der Waals surface area (Å²) in [6.45, 7) is 10.4. The van der Waals surface area contributed by atoms with E-state index >= 15 is 0 Å². The van der Waals surface area contributed by atoms with Crippen molar-refractivity contribution in [2.24, 2.45) is 11.8 Å². The van der Waals surface area contributed by atoms with Gasteiger partial charge in [0, 0.05) is 37.8 Å². The van der Waals surface area contributed by atoms with Gasteiger partial charge >= 0.3 is 0 Å². The molecule has 1 aromatic carbocycles. The second-order valence-corrected chi connectivity index (χ2v) is 11.0. The van der Waals surface area contributed by atoms with Gasteiger partial charge in [0.25, 0.3) is 5.91 Å². The summed E-state index contributed by atoms with van der Waals surface area (Å²) in [5, 5.41) is 10.8. The zero-order valence-corrected chi connectivity index (χ0v) is 21.8. The standard InChI is InChI=1S/C28H35F2N3O4/c1-16(2)11-20-9-10-31(13-17(3)4)24-15-32-14-21(26(35)27(36)25(32)28(37)33(20)24)23(34)8-6-18-5-7-19(29)12-22(18)30/h5,7,12,14,16-17,20,24,36H,6,8-11,13,15H2,1-4H3/t20-,24+/m1/s1.